The average molecular weight is 631 g/mol. The highest BCUT2D eigenvalue weighted by Gasteiger charge is 2.53. The third kappa shape index (κ3) is 3.58. The van der Waals surface area contributed by atoms with E-state index in [4.69, 9.17) is 0 Å². The lowest BCUT2D eigenvalue weighted by molar-refractivity contribution is 0.0990. The Kier molecular flexibility index (Phi) is 5.74. The Morgan fingerprint density at radius 2 is 1.08 bits per heavy atom. The maximum absolute atomic E-state index is 14.0. The Bertz CT molecular complexity index is 2490. The number of benzene rings is 6. The van der Waals surface area contributed by atoms with E-state index in [1.807, 2.05) is 48.5 Å². The van der Waals surface area contributed by atoms with E-state index in [0.717, 1.165) is 39.2 Å². The molecule has 10 rings (SSSR count). The van der Waals surface area contributed by atoms with E-state index in [1.165, 1.54) is 27.8 Å². The van der Waals surface area contributed by atoms with Crippen molar-refractivity contribution in [2.75, 3.05) is 4.90 Å². The van der Waals surface area contributed by atoms with Gasteiger partial charge in [0.25, 0.3) is 0 Å². The quantitative estimate of drug-likeness (QED) is 0.144. The minimum Gasteiger partial charge on any atom is -0.327 e. The molecule has 232 valence electrons. The van der Waals surface area contributed by atoms with Crippen LogP contribution in [0.2, 0.25) is 0 Å². The van der Waals surface area contributed by atoms with Crippen LogP contribution < -0.4 is 4.90 Å². The first-order valence-electron chi connectivity index (χ1n) is 16.8. The van der Waals surface area contributed by atoms with E-state index in [9.17, 15) is 9.59 Å². The van der Waals surface area contributed by atoms with Crippen molar-refractivity contribution < 1.29 is 9.59 Å². The Hall–Kier alpha value is -6.26. The molecule has 7 aromatic rings. The number of hydrogen-bond donors (Lipinski definition) is 0. The summed E-state index contributed by atoms with van der Waals surface area (Å²) >= 11 is 0. The number of allylic oxidation sites excluding steroid dienone is 1. The molecule has 49 heavy (non-hydrogen) atoms. The van der Waals surface area contributed by atoms with E-state index >= 15 is 0 Å². The molecular weight excluding hydrogens is 601 g/mol. The molecule has 0 radical (unpaired) electrons. The molecule has 4 nitrogen and oxygen atoms in total. The largest absolute Gasteiger partial charge is 0.327 e. The minimum absolute atomic E-state index is 0.208. The zero-order valence-electron chi connectivity index (χ0n) is 26.9. The van der Waals surface area contributed by atoms with E-state index in [1.54, 1.807) is 0 Å². The summed E-state index contributed by atoms with van der Waals surface area (Å²) in [6.45, 7) is 2.77. The lowest BCUT2D eigenvalue weighted by Crippen LogP contribution is -2.36. The van der Waals surface area contributed by atoms with Crippen LogP contribution >= 0.6 is 0 Å². The summed E-state index contributed by atoms with van der Waals surface area (Å²) in [5, 5.41) is 1.90. The molecule has 1 aromatic heterocycles. The van der Waals surface area contributed by atoms with Gasteiger partial charge < -0.3 is 4.57 Å². The molecule has 4 heteroatoms. The van der Waals surface area contributed by atoms with Gasteiger partial charge in [-0.25, -0.2) is 0 Å². The molecule has 0 saturated heterocycles. The third-order valence-corrected chi connectivity index (χ3v) is 10.7. The molecule has 0 atom stereocenters. The Labute approximate surface area is 284 Å². The number of rotatable bonds is 3. The number of carbonyl (C=O) groups excluding carboxylic acids is 2. The predicted molar refractivity (Wildman–Crippen MR) is 196 cm³/mol. The molecule has 0 saturated carbocycles. The minimum atomic E-state index is -0.609. The summed E-state index contributed by atoms with van der Waals surface area (Å²) in [4.78, 5) is 30.4. The second kappa shape index (κ2) is 10.1. The number of para-hydroxylation sites is 2. The molecule has 6 aromatic carbocycles. The van der Waals surface area contributed by atoms with Crippen molar-refractivity contribution in [3.05, 3.63) is 190 Å². The fraction of sp³-hybridized carbons (Fsp3) is 0.0667. The van der Waals surface area contributed by atoms with Crippen LogP contribution in [0.5, 0.6) is 0 Å². The SMILES string of the molecule is CCn1c(C=C2C(=O)c3cc4ccccc4cc3C2=O)cc2c1N(c1ccccc1)c1ccccc1C21c2ccccc2-c2ccccc21. The summed E-state index contributed by atoms with van der Waals surface area (Å²) in [7, 11) is 0. The molecule has 1 aliphatic heterocycles. The smallest absolute Gasteiger partial charge is 0.197 e. The monoisotopic (exact) mass is 630 g/mol. The topological polar surface area (TPSA) is 42.3 Å². The number of ketones is 2. The Morgan fingerprint density at radius 1 is 0.551 bits per heavy atom. The van der Waals surface area contributed by atoms with Gasteiger partial charge in [0.05, 0.1) is 16.7 Å². The summed E-state index contributed by atoms with van der Waals surface area (Å²) < 4.78 is 2.27. The van der Waals surface area contributed by atoms with Crippen molar-refractivity contribution in [2.45, 2.75) is 18.9 Å². The van der Waals surface area contributed by atoms with E-state index in [0.29, 0.717) is 17.7 Å². The summed E-state index contributed by atoms with van der Waals surface area (Å²) in [6.07, 6.45) is 1.84. The molecule has 0 N–H and O–H groups in total. The highest BCUT2D eigenvalue weighted by atomic mass is 16.2. The van der Waals surface area contributed by atoms with Crippen LogP contribution in [-0.2, 0) is 12.0 Å². The van der Waals surface area contributed by atoms with Crippen LogP contribution in [0.25, 0.3) is 28.0 Å². The van der Waals surface area contributed by atoms with Crippen LogP contribution in [0.15, 0.2) is 151 Å². The van der Waals surface area contributed by atoms with Gasteiger partial charge in [0.1, 0.15) is 5.82 Å². The summed E-state index contributed by atoms with van der Waals surface area (Å²) in [5.74, 6) is 0.594. The standard InChI is InChI=1S/C45H30N2O2/c1-2-46-31(26-36-42(48)34-24-28-14-6-7-15-29(28)25-35(34)43(36)49)27-40-44(46)47(30-16-4-3-5-17-30)41-23-13-12-22-39(41)45(40)37-20-10-8-18-32(37)33-19-9-11-21-38(33)45/h3-27H,2H2,1H3. The van der Waals surface area contributed by atoms with Gasteiger partial charge in [0.2, 0.25) is 0 Å². The number of Topliss-reactive ketones (excluding diaryl/α,β-unsaturated/α-hetero) is 2. The normalized spacial score (nSPS) is 14.9. The number of hydrogen-bond acceptors (Lipinski definition) is 3. The van der Waals surface area contributed by atoms with Gasteiger partial charge in [-0.15, -0.1) is 0 Å². The van der Waals surface area contributed by atoms with Gasteiger partial charge in [0, 0.05) is 34.6 Å². The van der Waals surface area contributed by atoms with Crippen LogP contribution in [-0.4, -0.2) is 16.1 Å². The fourth-order valence-corrected chi connectivity index (χ4v) is 8.71. The number of aromatic nitrogens is 1. The van der Waals surface area contributed by atoms with Crippen molar-refractivity contribution in [1.29, 1.82) is 0 Å². The molecule has 3 aliphatic rings. The zero-order chi connectivity index (χ0) is 32.9. The highest BCUT2D eigenvalue weighted by Crippen LogP contribution is 2.64. The van der Waals surface area contributed by atoms with Crippen LogP contribution in [0.4, 0.5) is 17.2 Å². The number of fused-ring (bicyclic) bond motifs is 11. The Morgan fingerprint density at radius 3 is 1.69 bits per heavy atom. The first-order chi connectivity index (χ1) is 24.1. The van der Waals surface area contributed by atoms with Gasteiger partial charge in [-0.05, 0) is 88.0 Å². The molecule has 0 fully saturated rings. The zero-order valence-corrected chi connectivity index (χ0v) is 26.9. The van der Waals surface area contributed by atoms with Crippen molar-refractivity contribution in [1.82, 2.24) is 4.57 Å². The number of anilines is 3. The second-order valence-electron chi connectivity index (χ2n) is 13.0. The van der Waals surface area contributed by atoms with Crippen molar-refractivity contribution in [3.63, 3.8) is 0 Å². The summed E-state index contributed by atoms with van der Waals surface area (Å²) in [5.41, 5.74) is 10.8. The van der Waals surface area contributed by atoms with Gasteiger partial charge in [-0.3, -0.25) is 14.5 Å². The van der Waals surface area contributed by atoms with E-state index in [-0.39, 0.29) is 17.1 Å². The van der Waals surface area contributed by atoms with Crippen molar-refractivity contribution >= 4 is 45.6 Å². The molecule has 2 aliphatic carbocycles. The number of nitrogens with zero attached hydrogens (tertiary/aromatic N) is 2. The van der Waals surface area contributed by atoms with Gasteiger partial charge in [-0.1, -0.05) is 109 Å². The molecular formula is C45H30N2O2. The second-order valence-corrected chi connectivity index (χ2v) is 13.0. The van der Waals surface area contributed by atoms with Gasteiger partial charge >= 0.3 is 0 Å². The predicted octanol–water partition coefficient (Wildman–Crippen LogP) is 10.3. The van der Waals surface area contributed by atoms with E-state index in [2.05, 4.69) is 120 Å². The van der Waals surface area contributed by atoms with Gasteiger partial charge in [0.15, 0.2) is 11.6 Å². The lowest BCUT2D eigenvalue weighted by Gasteiger charge is -2.44. The first-order valence-corrected chi connectivity index (χ1v) is 16.8. The average Bonchev–Trinajstić information content (AvgIpc) is 3.74. The molecule has 0 amide bonds. The van der Waals surface area contributed by atoms with Crippen LogP contribution in [0, 0.1) is 0 Å². The lowest BCUT2D eigenvalue weighted by atomic mass is 9.65. The van der Waals surface area contributed by atoms with Crippen molar-refractivity contribution in [2.24, 2.45) is 0 Å². The maximum atomic E-state index is 14.0. The van der Waals surface area contributed by atoms with Crippen LogP contribution in [0.3, 0.4) is 0 Å². The maximum Gasteiger partial charge on any atom is 0.197 e. The molecule has 0 bridgehead atoms. The third-order valence-electron chi connectivity index (χ3n) is 10.7. The fourth-order valence-electron chi connectivity index (χ4n) is 8.71. The highest BCUT2D eigenvalue weighted by molar-refractivity contribution is 6.42. The van der Waals surface area contributed by atoms with Gasteiger partial charge in [-0.2, -0.15) is 0 Å². The van der Waals surface area contributed by atoms with Crippen LogP contribution in [0.1, 0.15) is 55.6 Å². The molecule has 2 heterocycles. The Balaban J connectivity index is 1.29. The molecule has 0 unspecified atom stereocenters. The first kappa shape index (κ1) is 27.8. The summed E-state index contributed by atoms with van der Waals surface area (Å²) in [6, 6.07) is 50.5. The van der Waals surface area contributed by atoms with Crippen molar-refractivity contribution in [3.8, 4) is 11.1 Å². The number of carbonyl (C=O) groups is 2. The molecule has 1 spiro atoms. The van der Waals surface area contributed by atoms with E-state index < -0.39 is 5.41 Å².